The van der Waals surface area contributed by atoms with Crippen molar-refractivity contribution in [3.05, 3.63) is 65.7 Å². The Labute approximate surface area is 189 Å². The van der Waals surface area contributed by atoms with Gasteiger partial charge < -0.3 is 19.1 Å². The van der Waals surface area contributed by atoms with Crippen LogP contribution in [0, 0.1) is 0 Å². The molecule has 0 fully saturated rings. The standard InChI is InChI=1S/C26H31NO5/c1-18(2)31-25(29)26(3,4)32-23-8-6-7-21(17-23)19-13-15-27(16-14-19)24(28)20-9-11-22(30-5)12-10-20/h6-13,17-18H,14-16H2,1-5H3. The molecule has 1 amide bonds. The molecule has 6 heteroatoms. The number of methoxy groups -OCH3 is 1. The second-order valence-electron chi connectivity index (χ2n) is 8.55. The number of amides is 1. The lowest BCUT2D eigenvalue weighted by atomic mass is 9.98. The maximum Gasteiger partial charge on any atom is 0.350 e. The van der Waals surface area contributed by atoms with Crippen molar-refractivity contribution in [1.82, 2.24) is 4.90 Å². The first kappa shape index (κ1) is 23.4. The molecule has 0 N–H and O–H groups in total. The average molecular weight is 438 g/mol. The minimum absolute atomic E-state index is 0.00505. The van der Waals surface area contributed by atoms with Gasteiger partial charge in [-0.25, -0.2) is 4.79 Å². The normalized spacial score (nSPS) is 14.1. The van der Waals surface area contributed by atoms with Crippen LogP contribution in [-0.2, 0) is 9.53 Å². The van der Waals surface area contributed by atoms with Crippen LogP contribution in [0.15, 0.2) is 54.6 Å². The van der Waals surface area contributed by atoms with E-state index in [-0.39, 0.29) is 12.0 Å². The summed E-state index contributed by atoms with van der Waals surface area (Å²) in [7, 11) is 1.60. The summed E-state index contributed by atoms with van der Waals surface area (Å²) in [6.07, 6.45) is 2.61. The Morgan fingerprint density at radius 2 is 1.75 bits per heavy atom. The summed E-state index contributed by atoms with van der Waals surface area (Å²) in [5, 5.41) is 0. The third kappa shape index (κ3) is 5.69. The fourth-order valence-electron chi connectivity index (χ4n) is 3.48. The molecule has 0 bridgehead atoms. The molecule has 0 saturated carbocycles. The van der Waals surface area contributed by atoms with Crippen LogP contribution in [-0.4, -0.2) is 48.7 Å². The van der Waals surface area contributed by atoms with Crippen molar-refractivity contribution in [2.45, 2.75) is 45.8 Å². The van der Waals surface area contributed by atoms with Crippen molar-refractivity contribution in [3.8, 4) is 11.5 Å². The second-order valence-corrected chi connectivity index (χ2v) is 8.55. The number of esters is 1. The zero-order valence-corrected chi connectivity index (χ0v) is 19.4. The fraction of sp³-hybridized carbons (Fsp3) is 0.385. The maximum absolute atomic E-state index is 12.8. The molecule has 1 aliphatic heterocycles. The number of benzene rings is 2. The summed E-state index contributed by atoms with van der Waals surface area (Å²) in [6, 6.07) is 14.8. The van der Waals surface area contributed by atoms with Gasteiger partial charge in [-0.3, -0.25) is 4.79 Å². The van der Waals surface area contributed by atoms with Gasteiger partial charge in [0.05, 0.1) is 13.2 Å². The van der Waals surface area contributed by atoms with E-state index < -0.39 is 11.6 Å². The Kier molecular flexibility index (Phi) is 7.23. The van der Waals surface area contributed by atoms with Crippen LogP contribution in [0.2, 0.25) is 0 Å². The molecule has 170 valence electrons. The highest BCUT2D eigenvalue weighted by Crippen LogP contribution is 2.28. The monoisotopic (exact) mass is 437 g/mol. The van der Waals surface area contributed by atoms with Gasteiger partial charge in [0.25, 0.3) is 5.91 Å². The Balaban J connectivity index is 1.67. The third-order valence-corrected chi connectivity index (χ3v) is 5.25. The van der Waals surface area contributed by atoms with Crippen molar-refractivity contribution in [2.75, 3.05) is 20.2 Å². The van der Waals surface area contributed by atoms with Crippen molar-refractivity contribution < 1.29 is 23.8 Å². The van der Waals surface area contributed by atoms with E-state index >= 15 is 0 Å². The molecule has 0 unspecified atom stereocenters. The second kappa shape index (κ2) is 9.90. The third-order valence-electron chi connectivity index (χ3n) is 5.25. The topological polar surface area (TPSA) is 65.1 Å². The molecule has 1 heterocycles. The average Bonchev–Trinajstić information content (AvgIpc) is 2.78. The highest BCUT2D eigenvalue weighted by Gasteiger charge is 2.32. The SMILES string of the molecule is COc1ccc(C(=O)N2CC=C(c3cccc(OC(C)(C)C(=O)OC(C)C)c3)CC2)cc1. The lowest BCUT2D eigenvalue weighted by molar-refractivity contribution is -0.163. The highest BCUT2D eigenvalue weighted by molar-refractivity contribution is 5.95. The summed E-state index contributed by atoms with van der Waals surface area (Å²) in [4.78, 5) is 26.9. The van der Waals surface area contributed by atoms with E-state index in [4.69, 9.17) is 14.2 Å². The first-order chi connectivity index (χ1) is 15.2. The predicted molar refractivity (Wildman–Crippen MR) is 124 cm³/mol. The van der Waals surface area contributed by atoms with Gasteiger partial charge in [0, 0.05) is 18.7 Å². The van der Waals surface area contributed by atoms with E-state index in [1.165, 1.54) is 0 Å². The summed E-state index contributed by atoms with van der Waals surface area (Å²) < 4.78 is 16.4. The molecule has 2 aromatic rings. The van der Waals surface area contributed by atoms with Crippen molar-refractivity contribution in [3.63, 3.8) is 0 Å². The zero-order chi connectivity index (χ0) is 23.3. The van der Waals surface area contributed by atoms with Crippen LogP contribution < -0.4 is 9.47 Å². The molecule has 0 aromatic heterocycles. The number of carbonyl (C=O) groups is 2. The first-order valence-corrected chi connectivity index (χ1v) is 10.8. The van der Waals surface area contributed by atoms with E-state index in [0.717, 1.165) is 23.3 Å². The lowest BCUT2D eigenvalue weighted by Gasteiger charge is -2.28. The molecule has 0 saturated heterocycles. The van der Waals surface area contributed by atoms with Gasteiger partial charge in [0.2, 0.25) is 0 Å². The van der Waals surface area contributed by atoms with Gasteiger partial charge in [0.15, 0.2) is 5.60 Å². The predicted octanol–water partition coefficient (Wildman–Crippen LogP) is 4.73. The molecular formula is C26H31NO5. The van der Waals surface area contributed by atoms with Crippen LogP contribution in [0.4, 0.5) is 0 Å². The quantitative estimate of drug-likeness (QED) is 0.586. The number of carbonyl (C=O) groups excluding carboxylic acids is 2. The molecule has 32 heavy (non-hydrogen) atoms. The van der Waals surface area contributed by atoms with Gasteiger partial charge in [-0.1, -0.05) is 18.2 Å². The Morgan fingerprint density at radius 1 is 1.03 bits per heavy atom. The van der Waals surface area contributed by atoms with Gasteiger partial charge in [-0.05, 0) is 81.7 Å². The minimum Gasteiger partial charge on any atom is -0.497 e. The largest absolute Gasteiger partial charge is 0.497 e. The molecule has 0 atom stereocenters. The maximum atomic E-state index is 12.8. The van der Waals surface area contributed by atoms with E-state index in [1.54, 1.807) is 45.2 Å². The Hall–Kier alpha value is -3.28. The van der Waals surface area contributed by atoms with E-state index in [0.29, 0.717) is 24.4 Å². The first-order valence-electron chi connectivity index (χ1n) is 10.8. The number of nitrogens with zero attached hydrogens (tertiary/aromatic N) is 1. The van der Waals surface area contributed by atoms with Crippen LogP contribution in [0.5, 0.6) is 11.5 Å². The molecular weight excluding hydrogens is 406 g/mol. The van der Waals surface area contributed by atoms with Gasteiger partial charge in [-0.15, -0.1) is 0 Å². The van der Waals surface area contributed by atoms with E-state index in [1.807, 2.05) is 43.0 Å². The summed E-state index contributed by atoms with van der Waals surface area (Å²) in [5.41, 5.74) is 1.73. The highest BCUT2D eigenvalue weighted by atomic mass is 16.6. The molecule has 0 spiro atoms. The summed E-state index contributed by atoms with van der Waals surface area (Å²) >= 11 is 0. The van der Waals surface area contributed by atoms with Crippen LogP contribution >= 0.6 is 0 Å². The summed E-state index contributed by atoms with van der Waals surface area (Å²) in [6.45, 7) is 8.20. The van der Waals surface area contributed by atoms with Crippen LogP contribution in [0.1, 0.15) is 50.0 Å². The molecule has 6 nitrogen and oxygen atoms in total. The number of hydrogen-bond acceptors (Lipinski definition) is 5. The minimum atomic E-state index is -1.09. The Bertz CT molecular complexity index is 992. The van der Waals surface area contributed by atoms with Crippen molar-refractivity contribution in [1.29, 1.82) is 0 Å². The van der Waals surface area contributed by atoms with Crippen molar-refractivity contribution >= 4 is 17.4 Å². The van der Waals surface area contributed by atoms with Crippen molar-refractivity contribution in [2.24, 2.45) is 0 Å². The fourth-order valence-corrected chi connectivity index (χ4v) is 3.48. The smallest absolute Gasteiger partial charge is 0.350 e. The zero-order valence-electron chi connectivity index (χ0n) is 19.4. The number of ether oxygens (including phenoxy) is 3. The molecule has 3 rings (SSSR count). The van der Waals surface area contributed by atoms with E-state index in [9.17, 15) is 9.59 Å². The molecule has 0 radical (unpaired) electrons. The van der Waals surface area contributed by atoms with Gasteiger partial charge >= 0.3 is 5.97 Å². The molecule has 0 aliphatic carbocycles. The number of hydrogen-bond donors (Lipinski definition) is 0. The number of rotatable bonds is 7. The van der Waals surface area contributed by atoms with E-state index in [2.05, 4.69) is 6.08 Å². The molecule has 2 aromatic carbocycles. The lowest BCUT2D eigenvalue weighted by Crippen LogP contribution is -2.40. The van der Waals surface area contributed by atoms with Crippen LogP contribution in [0.3, 0.4) is 0 Å². The summed E-state index contributed by atoms with van der Waals surface area (Å²) in [5.74, 6) is 0.934. The van der Waals surface area contributed by atoms with Crippen LogP contribution in [0.25, 0.3) is 5.57 Å². The Morgan fingerprint density at radius 3 is 2.34 bits per heavy atom. The van der Waals surface area contributed by atoms with Gasteiger partial charge in [-0.2, -0.15) is 0 Å². The molecule has 1 aliphatic rings. The van der Waals surface area contributed by atoms with Gasteiger partial charge in [0.1, 0.15) is 11.5 Å².